The maximum Gasteiger partial charge on any atom is 0.268 e. The zero-order valence-corrected chi connectivity index (χ0v) is 20.5. The third-order valence-corrected chi connectivity index (χ3v) is 6.94. The molecule has 4 aromatic rings. The van der Waals surface area contributed by atoms with Crippen LogP contribution < -0.4 is 15.5 Å². The van der Waals surface area contributed by atoms with Gasteiger partial charge in [0.1, 0.15) is 11.7 Å². The molecule has 36 heavy (non-hydrogen) atoms. The Bertz CT molecular complexity index is 1330. The lowest BCUT2D eigenvalue weighted by Crippen LogP contribution is -2.43. The lowest BCUT2D eigenvalue weighted by atomic mass is 9.96. The van der Waals surface area contributed by atoms with Gasteiger partial charge >= 0.3 is 0 Å². The van der Waals surface area contributed by atoms with Crippen LogP contribution in [-0.4, -0.2) is 41.4 Å². The minimum atomic E-state index is -0.800. The Morgan fingerprint density at radius 1 is 1.03 bits per heavy atom. The molecule has 7 nitrogen and oxygen atoms in total. The van der Waals surface area contributed by atoms with Crippen molar-refractivity contribution in [2.24, 2.45) is 5.92 Å². The molecule has 0 radical (unpaired) electrons. The van der Waals surface area contributed by atoms with Gasteiger partial charge in [-0.2, -0.15) is 0 Å². The number of benzene rings is 2. The number of aromatic amines is 1. The summed E-state index contributed by atoms with van der Waals surface area (Å²) in [6.45, 7) is 2.45. The number of hydrogen-bond donors (Lipinski definition) is 3. The van der Waals surface area contributed by atoms with Gasteiger partial charge in [-0.3, -0.25) is 14.6 Å². The number of aromatic nitrogens is 2. The Morgan fingerprint density at radius 2 is 1.78 bits per heavy atom. The van der Waals surface area contributed by atoms with Gasteiger partial charge in [0.15, 0.2) is 0 Å². The van der Waals surface area contributed by atoms with Crippen molar-refractivity contribution in [1.29, 1.82) is 0 Å². The van der Waals surface area contributed by atoms with Gasteiger partial charge < -0.3 is 20.5 Å². The van der Waals surface area contributed by atoms with Gasteiger partial charge in [-0.05, 0) is 60.7 Å². The van der Waals surface area contributed by atoms with E-state index in [0.717, 1.165) is 42.4 Å². The zero-order valence-electron chi connectivity index (χ0n) is 19.8. The molecule has 0 bridgehead atoms. The van der Waals surface area contributed by atoms with Crippen LogP contribution in [0.15, 0.2) is 79.1 Å². The molecule has 3 heterocycles. The van der Waals surface area contributed by atoms with Crippen molar-refractivity contribution in [2.75, 3.05) is 24.5 Å². The third kappa shape index (κ3) is 5.52. The second-order valence-corrected chi connectivity index (χ2v) is 9.55. The molecule has 0 unspecified atom stereocenters. The molecule has 1 aliphatic heterocycles. The molecule has 1 fully saturated rings. The van der Waals surface area contributed by atoms with Crippen molar-refractivity contribution in [3.63, 3.8) is 0 Å². The number of hydrogen-bond acceptors (Lipinski definition) is 4. The Hall–Kier alpha value is -3.84. The van der Waals surface area contributed by atoms with Gasteiger partial charge in [0, 0.05) is 53.6 Å². The molecular weight excluding hydrogens is 474 g/mol. The topological polar surface area (TPSA) is 90.1 Å². The number of carbonyl (C=O) groups excluding carboxylic acids is 2. The van der Waals surface area contributed by atoms with Gasteiger partial charge in [-0.1, -0.05) is 41.9 Å². The van der Waals surface area contributed by atoms with Crippen molar-refractivity contribution in [3.8, 4) is 0 Å². The van der Waals surface area contributed by atoms with E-state index in [0.29, 0.717) is 23.2 Å². The average Bonchev–Trinajstić information content (AvgIpc) is 3.35. The number of pyridine rings is 1. The monoisotopic (exact) mass is 501 g/mol. The van der Waals surface area contributed by atoms with E-state index in [1.54, 1.807) is 18.2 Å². The van der Waals surface area contributed by atoms with Crippen LogP contribution in [0.25, 0.3) is 10.9 Å². The first-order valence-corrected chi connectivity index (χ1v) is 12.5. The van der Waals surface area contributed by atoms with Crippen molar-refractivity contribution in [3.05, 3.63) is 95.4 Å². The Morgan fingerprint density at radius 3 is 2.53 bits per heavy atom. The molecule has 2 aromatic heterocycles. The molecule has 1 atom stereocenters. The molecule has 3 N–H and O–H groups in total. The molecule has 184 valence electrons. The van der Waals surface area contributed by atoms with Gasteiger partial charge in [-0.15, -0.1) is 0 Å². The number of halogens is 1. The molecule has 5 rings (SSSR count). The van der Waals surface area contributed by atoms with Gasteiger partial charge in [-0.25, -0.2) is 0 Å². The van der Waals surface area contributed by atoms with E-state index in [1.807, 2.05) is 60.9 Å². The number of carbonyl (C=O) groups is 2. The normalized spacial score (nSPS) is 15.0. The fraction of sp³-hybridized carbons (Fsp3) is 0.250. The van der Waals surface area contributed by atoms with Crippen LogP contribution in [0.3, 0.4) is 0 Å². The molecular formula is C28H28ClN5O2. The molecule has 2 aromatic carbocycles. The molecule has 1 saturated heterocycles. The number of nitrogens with one attached hydrogen (secondary N) is 3. The predicted molar refractivity (Wildman–Crippen MR) is 142 cm³/mol. The third-order valence-electron chi connectivity index (χ3n) is 6.71. The molecule has 2 amide bonds. The Labute approximate surface area is 214 Å². The highest BCUT2D eigenvalue weighted by Gasteiger charge is 2.26. The summed E-state index contributed by atoms with van der Waals surface area (Å²) in [4.78, 5) is 35.9. The molecule has 0 spiro atoms. The summed E-state index contributed by atoms with van der Waals surface area (Å²) in [7, 11) is 0. The Kier molecular flexibility index (Phi) is 7.18. The highest BCUT2D eigenvalue weighted by Crippen LogP contribution is 2.23. The fourth-order valence-electron chi connectivity index (χ4n) is 4.68. The summed E-state index contributed by atoms with van der Waals surface area (Å²) in [6, 6.07) is 19.7. The summed E-state index contributed by atoms with van der Waals surface area (Å²) in [6.07, 6.45) is 5.60. The number of anilines is 1. The van der Waals surface area contributed by atoms with Crippen LogP contribution in [0, 0.1) is 5.92 Å². The first-order valence-electron chi connectivity index (χ1n) is 12.1. The lowest BCUT2D eigenvalue weighted by Gasteiger charge is -2.33. The molecule has 1 aliphatic rings. The number of nitrogens with zero attached hydrogens (tertiary/aromatic N) is 2. The van der Waals surface area contributed by atoms with Crippen LogP contribution in [0.4, 0.5) is 5.69 Å². The van der Waals surface area contributed by atoms with Crippen molar-refractivity contribution in [2.45, 2.75) is 18.9 Å². The highest BCUT2D eigenvalue weighted by atomic mass is 35.5. The van der Waals surface area contributed by atoms with E-state index >= 15 is 0 Å². The quantitative estimate of drug-likeness (QED) is 0.342. The van der Waals surface area contributed by atoms with Gasteiger partial charge in [0.2, 0.25) is 5.91 Å². The number of H-pyrrole nitrogens is 1. The van der Waals surface area contributed by atoms with E-state index < -0.39 is 6.04 Å². The van der Waals surface area contributed by atoms with E-state index in [1.165, 1.54) is 5.69 Å². The molecule has 8 heteroatoms. The average molecular weight is 502 g/mol. The maximum absolute atomic E-state index is 13.3. The number of rotatable bonds is 7. The first-order chi connectivity index (χ1) is 17.6. The van der Waals surface area contributed by atoms with Crippen LogP contribution in [-0.2, 0) is 4.79 Å². The van der Waals surface area contributed by atoms with Crippen molar-refractivity contribution in [1.82, 2.24) is 20.6 Å². The zero-order chi connectivity index (χ0) is 24.9. The minimum Gasteiger partial charge on any atom is -0.371 e. The standard InChI is InChI=1S/C28H28ClN5O2/c29-22-6-7-24-21(16-22)17-25(32-24)27(35)33-26(20-4-2-1-3-5-20)28(36)31-18-19-10-14-34(15-11-19)23-8-12-30-13-9-23/h1-9,12-13,16-17,19,26,32H,10-11,14-15,18H2,(H,31,36)(H,33,35)/t26-/m1/s1. The Balaban J connectivity index is 1.23. The number of amides is 2. The van der Waals surface area contributed by atoms with E-state index in [2.05, 4.69) is 25.5 Å². The summed E-state index contributed by atoms with van der Waals surface area (Å²) < 4.78 is 0. The predicted octanol–water partition coefficient (Wildman–Crippen LogP) is 4.72. The second kappa shape index (κ2) is 10.8. The summed E-state index contributed by atoms with van der Waals surface area (Å²) in [5.74, 6) is -0.181. The summed E-state index contributed by atoms with van der Waals surface area (Å²) >= 11 is 6.08. The van der Waals surface area contributed by atoms with Crippen LogP contribution in [0.1, 0.15) is 34.9 Å². The minimum absolute atomic E-state index is 0.217. The van der Waals surface area contributed by atoms with Gasteiger partial charge in [0.25, 0.3) is 5.91 Å². The van der Waals surface area contributed by atoms with Crippen LogP contribution in [0.2, 0.25) is 5.02 Å². The van der Waals surface area contributed by atoms with Crippen molar-refractivity contribution >= 4 is 40.0 Å². The number of fused-ring (bicyclic) bond motifs is 1. The molecule has 0 aliphatic carbocycles. The van der Waals surface area contributed by atoms with E-state index in [4.69, 9.17) is 11.6 Å². The first kappa shape index (κ1) is 23.9. The van der Waals surface area contributed by atoms with Gasteiger partial charge in [0.05, 0.1) is 0 Å². The maximum atomic E-state index is 13.3. The van der Waals surface area contributed by atoms with Crippen molar-refractivity contribution < 1.29 is 9.59 Å². The smallest absolute Gasteiger partial charge is 0.268 e. The fourth-order valence-corrected chi connectivity index (χ4v) is 4.86. The van der Waals surface area contributed by atoms with Crippen LogP contribution in [0.5, 0.6) is 0 Å². The summed E-state index contributed by atoms with van der Waals surface area (Å²) in [5.41, 5.74) is 3.10. The summed E-state index contributed by atoms with van der Waals surface area (Å²) in [5, 5.41) is 7.44. The highest BCUT2D eigenvalue weighted by molar-refractivity contribution is 6.31. The van der Waals surface area contributed by atoms with Crippen LogP contribution >= 0.6 is 11.6 Å². The largest absolute Gasteiger partial charge is 0.371 e. The number of piperidine rings is 1. The van der Waals surface area contributed by atoms with E-state index in [9.17, 15) is 9.59 Å². The molecule has 0 saturated carbocycles. The second-order valence-electron chi connectivity index (χ2n) is 9.11. The SMILES string of the molecule is O=C(N[C@@H](C(=O)NCC1CCN(c2ccncc2)CC1)c1ccccc1)c1cc2cc(Cl)ccc2[nH]1. The lowest BCUT2D eigenvalue weighted by molar-refractivity contribution is -0.123. The van der Waals surface area contributed by atoms with E-state index in [-0.39, 0.29) is 11.8 Å².